The number of rotatable bonds is 5. The number of ether oxygens (including phenoxy) is 1. The van der Waals surface area contributed by atoms with Gasteiger partial charge in [-0.25, -0.2) is 4.79 Å². The van der Waals surface area contributed by atoms with E-state index in [4.69, 9.17) is 22.1 Å². The van der Waals surface area contributed by atoms with Gasteiger partial charge in [0.25, 0.3) is 0 Å². The van der Waals surface area contributed by atoms with Gasteiger partial charge in [0, 0.05) is 12.2 Å². The van der Waals surface area contributed by atoms with Gasteiger partial charge >= 0.3 is 5.97 Å². The predicted octanol–water partition coefficient (Wildman–Crippen LogP) is 1.61. The fourth-order valence-corrected chi connectivity index (χ4v) is 1.56. The van der Waals surface area contributed by atoms with E-state index in [0.29, 0.717) is 12.2 Å². The molecule has 1 aromatic carbocycles. The lowest BCUT2D eigenvalue weighted by molar-refractivity contribution is -0.121. The van der Waals surface area contributed by atoms with E-state index in [9.17, 15) is 9.59 Å². The topological polar surface area (TPSA) is 81.4 Å². The Labute approximate surface area is 110 Å². The zero-order valence-corrected chi connectivity index (χ0v) is 10.8. The predicted molar refractivity (Wildman–Crippen MR) is 69.4 cm³/mol. The number of amides is 1. The molecule has 0 radical (unpaired) electrons. The van der Waals surface area contributed by atoms with Crippen molar-refractivity contribution in [2.24, 2.45) is 0 Å². The summed E-state index contributed by atoms with van der Waals surface area (Å²) < 4.78 is 4.94. The molecule has 1 aromatic rings. The van der Waals surface area contributed by atoms with Crippen LogP contribution in [0.3, 0.4) is 0 Å². The summed E-state index contributed by atoms with van der Waals surface area (Å²) in [5.74, 6) is -0.724. The average Bonchev–Trinajstić information content (AvgIpc) is 2.29. The van der Waals surface area contributed by atoms with Crippen LogP contribution >= 0.6 is 11.6 Å². The van der Waals surface area contributed by atoms with Gasteiger partial charge in [-0.3, -0.25) is 4.79 Å². The van der Waals surface area contributed by atoms with Gasteiger partial charge in [-0.1, -0.05) is 11.6 Å². The van der Waals surface area contributed by atoms with Gasteiger partial charge in [0.2, 0.25) is 5.91 Å². The Morgan fingerprint density at radius 1 is 1.44 bits per heavy atom. The first-order chi connectivity index (χ1) is 8.54. The monoisotopic (exact) mass is 270 g/mol. The number of hydrogen-bond acceptors (Lipinski definition) is 4. The second-order valence-electron chi connectivity index (χ2n) is 3.58. The molecule has 0 aliphatic rings. The van der Waals surface area contributed by atoms with Crippen LogP contribution in [0.15, 0.2) is 18.2 Å². The van der Waals surface area contributed by atoms with Crippen molar-refractivity contribution >= 4 is 29.2 Å². The molecule has 0 saturated heterocycles. The molecule has 18 heavy (non-hydrogen) atoms. The summed E-state index contributed by atoms with van der Waals surface area (Å²) in [4.78, 5) is 22.8. The number of halogens is 1. The van der Waals surface area contributed by atoms with Crippen LogP contribution in [-0.4, -0.2) is 25.0 Å². The van der Waals surface area contributed by atoms with E-state index in [1.165, 1.54) is 12.1 Å². The van der Waals surface area contributed by atoms with Crippen LogP contribution in [0, 0.1) is 0 Å². The molecule has 0 saturated carbocycles. The van der Waals surface area contributed by atoms with Crippen molar-refractivity contribution in [2.45, 2.75) is 13.3 Å². The van der Waals surface area contributed by atoms with Crippen molar-refractivity contribution < 1.29 is 14.3 Å². The molecular weight excluding hydrogens is 256 g/mol. The minimum Gasteiger partial charge on any atom is -0.462 e. The van der Waals surface area contributed by atoms with Crippen LogP contribution in [-0.2, 0) is 9.53 Å². The molecule has 0 spiro atoms. The molecule has 6 heteroatoms. The van der Waals surface area contributed by atoms with E-state index in [0.717, 1.165) is 0 Å². The first kappa shape index (κ1) is 14.3. The van der Waals surface area contributed by atoms with Gasteiger partial charge in [0.1, 0.15) is 6.61 Å². The first-order valence-corrected chi connectivity index (χ1v) is 5.91. The third-order valence-electron chi connectivity index (χ3n) is 2.15. The fourth-order valence-electron chi connectivity index (χ4n) is 1.30. The lowest BCUT2D eigenvalue weighted by Gasteiger charge is -2.06. The Morgan fingerprint density at radius 2 is 2.17 bits per heavy atom. The molecule has 0 aromatic heterocycles. The van der Waals surface area contributed by atoms with E-state index >= 15 is 0 Å². The van der Waals surface area contributed by atoms with Crippen LogP contribution in [0.4, 0.5) is 5.69 Å². The van der Waals surface area contributed by atoms with Gasteiger partial charge in [-0.15, -0.1) is 0 Å². The maximum atomic E-state index is 11.6. The van der Waals surface area contributed by atoms with Crippen molar-refractivity contribution in [1.29, 1.82) is 0 Å². The van der Waals surface area contributed by atoms with Gasteiger partial charge in [0.05, 0.1) is 17.0 Å². The number of nitrogens with one attached hydrogen (secondary N) is 1. The number of esters is 1. The summed E-state index contributed by atoms with van der Waals surface area (Å²) in [7, 11) is 0. The molecule has 1 rings (SSSR count). The number of carbonyl (C=O) groups is 2. The van der Waals surface area contributed by atoms with E-state index in [-0.39, 0.29) is 29.5 Å². The van der Waals surface area contributed by atoms with E-state index in [2.05, 4.69) is 5.32 Å². The maximum absolute atomic E-state index is 11.6. The maximum Gasteiger partial charge on any atom is 0.339 e. The largest absolute Gasteiger partial charge is 0.462 e. The normalized spacial score (nSPS) is 9.89. The number of nitrogens with two attached hydrogens (primary N) is 1. The molecule has 0 unspecified atom stereocenters. The summed E-state index contributed by atoms with van der Waals surface area (Å²) in [6, 6.07) is 4.53. The molecule has 0 bridgehead atoms. The van der Waals surface area contributed by atoms with Crippen LogP contribution in [0.25, 0.3) is 0 Å². The molecule has 98 valence electrons. The zero-order chi connectivity index (χ0) is 13.5. The molecule has 5 nitrogen and oxygen atoms in total. The first-order valence-electron chi connectivity index (χ1n) is 5.53. The number of carbonyl (C=O) groups excluding carboxylic acids is 2. The minimum absolute atomic E-state index is 0.0192. The van der Waals surface area contributed by atoms with Gasteiger partial charge < -0.3 is 15.8 Å². The smallest absolute Gasteiger partial charge is 0.339 e. The Hall–Kier alpha value is -1.75. The van der Waals surface area contributed by atoms with Crippen LogP contribution < -0.4 is 11.1 Å². The number of benzene rings is 1. The molecule has 0 aliphatic carbocycles. The molecular formula is C12H15ClN2O3. The molecule has 0 aliphatic heterocycles. The Bertz CT molecular complexity index is 449. The van der Waals surface area contributed by atoms with Crippen molar-refractivity contribution in [1.82, 2.24) is 5.32 Å². The standard InChI is InChI=1S/C12H15ClN2O3/c1-2-15-11(16)5-6-18-12(17)9-4-3-8(14)7-10(9)13/h3-4,7H,2,5-6,14H2,1H3,(H,15,16). The summed E-state index contributed by atoms with van der Waals surface area (Å²) in [6.07, 6.45) is 0.131. The SMILES string of the molecule is CCNC(=O)CCOC(=O)c1ccc(N)cc1Cl. The zero-order valence-electron chi connectivity index (χ0n) is 10.0. The molecule has 3 N–H and O–H groups in total. The number of hydrogen-bond donors (Lipinski definition) is 2. The fraction of sp³-hybridized carbons (Fsp3) is 0.333. The quantitative estimate of drug-likeness (QED) is 0.629. The molecule has 1 amide bonds. The highest BCUT2D eigenvalue weighted by Gasteiger charge is 2.12. The highest BCUT2D eigenvalue weighted by atomic mass is 35.5. The van der Waals surface area contributed by atoms with Crippen molar-refractivity contribution in [2.75, 3.05) is 18.9 Å². The van der Waals surface area contributed by atoms with Crippen molar-refractivity contribution in [3.63, 3.8) is 0 Å². The Morgan fingerprint density at radius 3 is 2.78 bits per heavy atom. The Balaban J connectivity index is 2.48. The van der Waals surface area contributed by atoms with Crippen LogP contribution in [0.2, 0.25) is 5.02 Å². The lowest BCUT2D eigenvalue weighted by atomic mass is 10.2. The summed E-state index contributed by atoms with van der Waals surface area (Å²) in [5, 5.41) is 2.84. The van der Waals surface area contributed by atoms with E-state index in [1.807, 2.05) is 6.92 Å². The second kappa shape index (κ2) is 6.86. The van der Waals surface area contributed by atoms with Crippen molar-refractivity contribution in [3.8, 4) is 0 Å². The van der Waals surface area contributed by atoms with E-state index < -0.39 is 5.97 Å². The third kappa shape index (κ3) is 4.25. The lowest BCUT2D eigenvalue weighted by Crippen LogP contribution is -2.24. The highest BCUT2D eigenvalue weighted by molar-refractivity contribution is 6.33. The van der Waals surface area contributed by atoms with Crippen molar-refractivity contribution in [3.05, 3.63) is 28.8 Å². The van der Waals surface area contributed by atoms with E-state index in [1.54, 1.807) is 6.07 Å². The molecule has 0 fully saturated rings. The van der Waals surface area contributed by atoms with Crippen LogP contribution in [0.5, 0.6) is 0 Å². The summed E-state index contributed by atoms with van der Waals surface area (Å²) in [5.41, 5.74) is 6.22. The highest BCUT2D eigenvalue weighted by Crippen LogP contribution is 2.19. The molecule has 0 heterocycles. The third-order valence-corrected chi connectivity index (χ3v) is 2.46. The minimum atomic E-state index is -0.565. The van der Waals surface area contributed by atoms with Gasteiger partial charge in [-0.2, -0.15) is 0 Å². The number of anilines is 1. The molecule has 0 atom stereocenters. The summed E-state index contributed by atoms with van der Waals surface area (Å²) in [6.45, 7) is 2.39. The second-order valence-corrected chi connectivity index (χ2v) is 3.99. The van der Waals surface area contributed by atoms with Gasteiger partial charge in [0.15, 0.2) is 0 Å². The van der Waals surface area contributed by atoms with Crippen LogP contribution in [0.1, 0.15) is 23.7 Å². The Kier molecular flexibility index (Phi) is 5.45. The average molecular weight is 271 g/mol. The van der Waals surface area contributed by atoms with Gasteiger partial charge in [-0.05, 0) is 25.1 Å². The number of nitrogen functional groups attached to an aromatic ring is 1. The summed E-state index contributed by atoms with van der Waals surface area (Å²) >= 11 is 5.86.